The monoisotopic (exact) mass is 232 g/mol. The summed E-state index contributed by atoms with van der Waals surface area (Å²) in [7, 11) is 0. The third kappa shape index (κ3) is 1.64. The van der Waals surface area contributed by atoms with Crippen LogP contribution in [0.3, 0.4) is 0 Å². The lowest BCUT2D eigenvalue weighted by Gasteiger charge is -2.22. The highest BCUT2D eigenvalue weighted by molar-refractivity contribution is 5.93. The number of benzene rings is 1. The summed E-state index contributed by atoms with van der Waals surface area (Å²) < 4.78 is 0. The first-order chi connectivity index (χ1) is 8.27. The second-order valence-electron chi connectivity index (χ2n) is 4.77. The zero-order valence-corrected chi connectivity index (χ0v) is 9.69. The molecular formula is C13H16N2O2. The van der Waals surface area contributed by atoms with E-state index in [2.05, 4.69) is 6.07 Å². The van der Waals surface area contributed by atoms with E-state index in [1.807, 2.05) is 18.2 Å². The van der Waals surface area contributed by atoms with Crippen molar-refractivity contribution in [3.05, 3.63) is 29.8 Å². The smallest absolute Gasteiger partial charge is 0.253 e. The fourth-order valence-corrected chi connectivity index (χ4v) is 2.44. The third-order valence-electron chi connectivity index (χ3n) is 3.70. The standard InChI is InChI=1S/C13H16N2O2/c14-9-13(6-7-13)10-3-1-2-4-11(10)15-12(16)5-8-17-15/h1-4H,5-9,14H2. The number of carbonyl (C=O) groups is 1. The van der Waals surface area contributed by atoms with Gasteiger partial charge in [-0.05, 0) is 24.5 Å². The predicted molar refractivity (Wildman–Crippen MR) is 64.5 cm³/mol. The molecule has 1 heterocycles. The topological polar surface area (TPSA) is 55.6 Å². The molecule has 2 fully saturated rings. The van der Waals surface area contributed by atoms with Crippen molar-refractivity contribution >= 4 is 11.6 Å². The molecule has 2 aliphatic rings. The van der Waals surface area contributed by atoms with E-state index in [9.17, 15) is 4.79 Å². The summed E-state index contributed by atoms with van der Waals surface area (Å²) in [6.07, 6.45) is 2.66. The zero-order chi connectivity index (χ0) is 11.9. The van der Waals surface area contributed by atoms with Gasteiger partial charge >= 0.3 is 0 Å². The van der Waals surface area contributed by atoms with Crippen molar-refractivity contribution < 1.29 is 9.63 Å². The zero-order valence-electron chi connectivity index (χ0n) is 9.69. The second-order valence-corrected chi connectivity index (χ2v) is 4.77. The Morgan fingerprint density at radius 1 is 1.35 bits per heavy atom. The van der Waals surface area contributed by atoms with Crippen molar-refractivity contribution in [2.75, 3.05) is 18.2 Å². The molecule has 17 heavy (non-hydrogen) atoms. The van der Waals surface area contributed by atoms with E-state index in [0.29, 0.717) is 19.6 Å². The summed E-state index contributed by atoms with van der Waals surface area (Å²) in [4.78, 5) is 17.1. The highest BCUT2D eigenvalue weighted by Gasteiger charge is 2.45. The number of hydrogen-bond donors (Lipinski definition) is 1. The molecule has 0 unspecified atom stereocenters. The van der Waals surface area contributed by atoms with Crippen molar-refractivity contribution in [1.82, 2.24) is 0 Å². The Balaban J connectivity index is 2.02. The van der Waals surface area contributed by atoms with Gasteiger partial charge in [-0.1, -0.05) is 18.2 Å². The van der Waals surface area contributed by atoms with E-state index in [-0.39, 0.29) is 11.3 Å². The van der Waals surface area contributed by atoms with Gasteiger partial charge in [0.15, 0.2) is 0 Å². The lowest BCUT2D eigenvalue weighted by atomic mass is 9.94. The van der Waals surface area contributed by atoms with Gasteiger partial charge in [0.05, 0.1) is 18.7 Å². The molecular weight excluding hydrogens is 216 g/mol. The molecule has 4 nitrogen and oxygen atoms in total. The van der Waals surface area contributed by atoms with Crippen LogP contribution in [-0.4, -0.2) is 19.1 Å². The number of carbonyl (C=O) groups excluding carboxylic acids is 1. The van der Waals surface area contributed by atoms with Crippen molar-refractivity contribution in [3.8, 4) is 0 Å². The van der Waals surface area contributed by atoms with Crippen LogP contribution in [0.15, 0.2) is 24.3 Å². The van der Waals surface area contributed by atoms with E-state index in [1.54, 1.807) is 0 Å². The quantitative estimate of drug-likeness (QED) is 0.855. The Bertz CT molecular complexity index is 454. The molecule has 1 saturated heterocycles. The van der Waals surface area contributed by atoms with Crippen LogP contribution in [0.1, 0.15) is 24.8 Å². The molecule has 1 saturated carbocycles. The van der Waals surface area contributed by atoms with Gasteiger partial charge in [-0.25, -0.2) is 0 Å². The molecule has 1 amide bonds. The number of nitrogens with two attached hydrogens (primary N) is 1. The summed E-state index contributed by atoms with van der Waals surface area (Å²) in [6.45, 7) is 1.11. The van der Waals surface area contributed by atoms with E-state index < -0.39 is 0 Å². The van der Waals surface area contributed by atoms with Gasteiger partial charge < -0.3 is 5.73 Å². The van der Waals surface area contributed by atoms with Crippen molar-refractivity contribution in [2.24, 2.45) is 5.73 Å². The number of hydrogen-bond acceptors (Lipinski definition) is 3. The Morgan fingerprint density at radius 2 is 2.12 bits per heavy atom. The molecule has 1 aromatic carbocycles. The first-order valence-corrected chi connectivity index (χ1v) is 6.02. The number of rotatable bonds is 3. The maximum Gasteiger partial charge on any atom is 0.253 e. The van der Waals surface area contributed by atoms with Gasteiger partial charge in [0.1, 0.15) is 0 Å². The summed E-state index contributed by atoms with van der Waals surface area (Å²) in [5, 5.41) is 1.44. The van der Waals surface area contributed by atoms with Gasteiger partial charge in [-0.3, -0.25) is 9.63 Å². The molecule has 0 spiro atoms. The summed E-state index contributed by atoms with van der Waals surface area (Å²) in [5.41, 5.74) is 7.95. The fraction of sp³-hybridized carbons (Fsp3) is 0.462. The molecule has 0 bridgehead atoms. The van der Waals surface area contributed by atoms with Crippen LogP contribution in [0, 0.1) is 0 Å². The lowest BCUT2D eigenvalue weighted by molar-refractivity contribution is -0.119. The first-order valence-electron chi connectivity index (χ1n) is 6.02. The molecule has 3 rings (SSSR count). The average molecular weight is 232 g/mol. The van der Waals surface area contributed by atoms with Crippen LogP contribution in [-0.2, 0) is 15.0 Å². The number of nitrogens with zero attached hydrogens (tertiary/aromatic N) is 1. The van der Waals surface area contributed by atoms with Crippen LogP contribution >= 0.6 is 0 Å². The molecule has 1 aliphatic heterocycles. The Kier molecular flexibility index (Phi) is 2.42. The van der Waals surface area contributed by atoms with Crippen LogP contribution < -0.4 is 10.8 Å². The van der Waals surface area contributed by atoms with Crippen LogP contribution in [0.2, 0.25) is 0 Å². The predicted octanol–water partition coefficient (Wildman–Crippen LogP) is 1.35. The summed E-state index contributed by atoms with van der Waals surface area (Å²) >= 11 is 0. The molecule has 0 atom stereocenters. The number of anilines is 1. The van der Waals surface area contributed by atoms with Gasteiger partial charge in [0.25, 0.3) is 5.91 Å². The molecule has 1 aliphatic carbocycles. The Labute approximate surface area is 100 Å². The maximum absolute atomic E-state index is 11.7. The summed E-state index contributed by atoms with van der Waals surface area (Å²) in [6, 6.07) is 7.92. The average Bonchev–Trinajstić information content (AvgIpc) is 3.06. The van der Waals surface area contributed by atoms with Gasteiger partial charge in [0, 0.05) is 12.0 Å². The molecule has 1 aromatic rings. The molecule has 90 valence electrons. The van der Waals surface area contributed by atoms with Crippen molar-refractivity contribution in [2.45, 2.75) is 24.7 Å². The largest absolute Gasteiger partial charge is 0.330 e. The van der Waals surface area contributed by atoms with Crippen LogP contribution in [0.25, 0.3) is 0 Å². The van der Waals surface area contributed by atoms with Crippen LogP contribution in [0.4, 0.5) is 5.69 Å². The van der Waals surface area contributed by atoms with Crippen LogP contribution in [0.5, 0.6) is 0 Å². The van der Waals surface area contributed by atoms with Gasteiger partial charge in [0.2, 0.25) is 0 Å². The molecule has 0 aromatic heterocycles. The van der Waals surface area contributed by atoms with Crippen molar-refractivity contribution in [3.63, 3.8) is 0 Å². The molecule has 2 N–H and O–H groups in total. The first kappa shape index (κ1) is 10.7. The fourth-order valence-electron chi connectivity index (χ4n) is 2.44. The SMILES string of the molecule is NCC1(c2ccccc2N2OCCC2=O)CC1. The second kappa shape index (κ2) is 3.82. The minimum absolute atomic E-state index is 0.0327. The van der Waals surface area contributed by atoms with E-state index in [1.165, 1.54) is 5.06 Å². The Hall–Kier alpha value is -1.39. The maximum atomic E-state index is 11.7. The van der Waals surface area contributed by atoms with E-state index in [0.717, 1.165) is 24.1 Å². The van der Waals surface area contributed by atoms with Crippen molar-refractivity contribution in [1.29, 1.82) is 0 Å². The molecule has 4 heteroatoms. The highest BCUT2D eigenvalue weighted by atomic mass is 16.7. The minimum Gasteiger partial charge on any atom is -0.330 e. The minimum atomic E-state index is 0.0327. The lowest BCUT2D eigenvalue weighted by Crippen LogP contribution is -2.27. The third-order valence-corrected chi connectivity index (χ3v) is 3.70. The highest BCUT2D eigenvalue weighted by Crippen LogP contribution is 2.50. The Morgan fingerprint density at radius 3 is 2.71 bits per heavy atom. The van der Waals surface area contributed by atoms with Gasteiger partial charge in [-0.2, -0.15) is 5.06 Å². The summed E-state index contributed by atoms with van der Waals surface area (Å²) in [5.74, 6) is 0.0327. The normalized spacial score (nSPS) is 21.9. The van der Waals surface area contributed by atoms with Gasteiger partial charge in [-0.15, -0.1) is 0 Å². The number of hydroxylamine groups is 1. The van der Waals surface area contributed by atoms with E-state index >= 15 is 0 Å². The molecule has 0 radical (unpaired) electrons. The number of amides is 1. The van der Waals surface area contributed by atoms with E-state index in [4.69, 9.17) is 10.6 Å². The number of para-hydroxylation sites is 1.